The molecular formula is C29H43NO3. The lowest BCUT2D eigenvalue weighted by atomic mass is 10.1. The fourth-order valence-electron chi connectivity index (χ4n) is 4.68. The van der Waals surface area contributed by atoms with Gasteiger partial charge < -0.3 is 19.5 Å². The lowest BCUT2D eigenvalue weighted by molar-refractivity contribution is -0.0715. The maximum atomic E-state index is 6.45. The number of unbranched alkanes of at least 4 members (excludes halogenated alkanes) is 6. The van der Waals surface area contributed by atoms with Crippen molar-refractivity contribution in [3.63, 3.8) is 0 Å². The molecule has 4 atom stereocenters. The third-order valence-corrected chi connectivity index (χ3v) is 6.59. The molecular weight excluding hydrogens is 410 g/mol. The molecule has 1 fully saturated rings. The molecule has 2 aromatic carbocycles. The van der Waals surface area contributed by atoms with Crippen LogP contribution >= 0.6 is 0 Å². The first-order chi connectivity index (χ1) is 16.3. The summed E-state index contributed by atoms with van der Waals surface area (Å²) in [5.41, 5.74) is 2.39. The first-order valence-corrected chi connectivity index (χ1v) is 12.9. The Morgan fingerprint density at radius 3 is 1.82 bits per heavy atom. The lowest BCUT2D eigenvalue weighted by Crippen LogP contribution is -2.45. The second-order valence-electron chi connectivity index (χ2n) is 9.18. The molecule has 1 N–H and O–H groups in total. The number of benzene rings is 2. The van der Waals surface area contributed by atoms with Crippen LogP contribution < -0.4 is 5.32 Å². The normalized spacial score (nSPS) is 22.6. The molecule has 182 valence electrons. The van der Waals surface area contributed by atoms with E-state index < -0.39 is 0 Å². The summed E-state index contributed by atoms with van der Waals surface area (Å²) < 4.78 is 19.2. The molecule has 0 amide bonds. The van der Waals surface area contributed by atoms with Gasteiger partial charge in [0.05, 0.1) is 31.5 Å². The van der Waals surface area contributed by atoms with Gasteiger partial charge in [-0.05, 0) is 24.6 Å². The van der Waals surface area contributed by atoms with Gasteiger partial charge in [-0.25, -0.2) is 0 Å². The smallest absolute Gasteiger partial charge is 0.101 e. The van der Waals surface area contributed by atoms with Crippen LogP contribution in [0, 0.1) is 0 Å². The third-order valence-electron chi connectivity index (χ3n) is 6.59. The molecule has 1 aliphatic carbocycles. The average Bonchev–Trinajstić information content (AvgIpc) is 3.20. The predicted octanol–water partition coefficient (Wildman–Crippen LogP) is 6.28. The van der Waals surface area contributed by atoms with Gasteiger partial charge in [0.25, 0.3) is 0 Å². The van der Waals surface area contributed by atoms with E-state index in [2.05, 4.69) is 60.8 Å². The molecule has 0 aromatic heterocycles. The van der Waals surface area contributed by atoms with Crippen molar-refractivity contribution in [2.75, 3.05) is 13.7 Å². The van der Waals surface area contributed by atoms with Crippen molar-refractivity contribution in [1.29, 1.82) is 0 Å². The Morgan fingerprint density at radius 2 is 1.24 bits per heavy atom. The Balaban J connectivity index is 1.53. The van der Waals surface area contributed by atoms with Crippen LogP contribution in [-0.2, 0) is 27.4 Å². The predicted molar refractivity (Wildman–Crippen MR) is 135 cm³/mol. The summed E-state index contributed by atoms with van der Waals surface area (Å²) in [6.07, 6.45) is 9.94. The molecule has 33 heavy (non-hydrogen) atoms. The Kier molecular flexibility index (Phi) is 12.0. The van der Waals surface area contributed by atoms with Crippen LogP contribution in [-0.4, -0.2) is 38.0 Å². The molecule has 0 aliphatic heterocycles. The fourth-order valence-corrected chi connectivity index (χ4v) is 4.68. The second kappa shape index (κ2) is 15.2. The zero-order valence-corrected chi connectivity index (χ0v) is 20.6. The van der Waals surface area contributed by atoms with Crippen molar-refractivity contribution in [3.05, 3.63) is 71.8 Å². The Hall–Kier alpha value is -1.72. The number of nitrogens with one attached hydrogen (secondary N) is 1. The van der Waals surface area contributed by atoms with Gasteiger partial charge in [0.1, 0.15) is 6.10 Å². The van der Waals surface area contributed by atoms with Crippen molar-refractivity contribution < 1.29 is 14.2 Å². The molecule has 0 unspecified atom stereocenters. The summed E-state index contributed by atoms with van der Waals surface area (Å²) in [5.74, 6) is 0. The minimum Gasteiger partial charge on any atom is -0.374 e. The molecule has 1 aliphatic rings. The molecule has 0 saturated heterocycles. The molecule has 0 radical (unpaired) electrons. The highest BCUT2D eigenvalue weighted by Gasteiger charge is 2.44. The Morgan fingerprint density at radius 1 is 0.697 bits per heavy atom. The van der Waals surface area contributed by atoms with Gasteiger partial charge in [-0.2, -0.15) is 0 Å². The highest BCUT2D eigenvalue weighted by Crippen LogP contribution is 2.30. The topological polar surface area (TPSA) is 39.7 Å². The first-order valence-electron chi connectivity index (χ1n) is 12.9. The van der Waals surface area contributed by atoms with Gasteiger partial charge in [0, 0.05) is 13.0 Å². The van der Waals surface area contributed by atoms with Gasteiger partial charge in [0.2, 0.25) is 0 Å². The lowest BCUT2D eigenvalue weighted by Gasteiger charge is -2.27. The molecule has 0 spiro atoms. The van der Waals surface area contributed by atoms with E-state index in [1.54, 1.807) is 0 Å². The van der Waals surface area contributed by atoms with E-state index in [1.807, 2.05) is 19.2 Å². The van der Waals surface area contributed by atoms with Crippen LogP contribution in [0.4, 0.5) is 0 Å². The largest absolute Gasteiger partial charge is 0.374 e. The van der Waals surface area contributed by atoms with Crippen LogP contribution in [0.1, 0.15) is 69.4 Å². The van der Waals surface area contributed by atoms with E-state index in [4.69, 9.17) is 14.2 Å². The van der Waals surface area contributed by atoms with Crippen molar-refractivity contribution >= 4 is 0 Å². The highest BCUT2D eigenvalue weighted by molar-refractivity contribution is 5.14. The van der Waals surface area contributed by atoms with Crippen LogP contribution in [0.15, 0.2) is 60.7 Å². The zero-order valence-electron chi connectivity index (χ0n) is 20.6. The van der Waals surface area contributed by atoms with E-state index in [-0.39, 0.29) is 24.4 Å². The number of hydrogen-bond donors (Lipinski definition) is 1. The van der Waals surface area contributed by atoms with E-state index in [1.165, 1.54) is 49.7 Å². The number of rotatable bonds is 16. The minimum absolute atomic E-state index is 0.000392. The Bertz CT molecular complexity index is 739. The maximum absolute atomic E-state index is 6.45. The zero-order chi connectivity index (χ0) is 23.1. The van der Waals surface area contributed by atoms with E-state index in [9.17, 15) is 0 Å². The monoisotopic (exact) mass is 453 g/mol. The number of hydrogen-bond acceptors (Lipinski definition) is 4. The van der Waals surface area contributed by atoms with Crippen molar-refractivity contribution in [1.82, 2.24) is 5.32 Å². The summed E-state index contributed by atoms with van der Waals surface area (Å²) in [4.78, 5) is 0. The van der Waals surface area contributed by atoms with Gasteiger partial charge in [-0.15, -0.1) is 0 Å². The maximum Gasteiger partial charge on any atom is 0.101 e. The second-order valence-corrected chi connectivity index (χ2v) is 9.18. The first kappa shape index (κ1) is 25.9. The van der Waals surface area contributed by atoms with Crippen LogP contribution in [0.3, 0.4) is 0 Å². The Labute approximate surface area is 201 Å². The third kappa shape index (κ3) is 8.86. The van der Waals surface area contributed by atoms with Gasteiger partial charge in [-0.3, -0.25) is 0 Å². The average molecular weight is 454 g/mol. The van der Waals surface area contributed by atoms with E-state index >= 15 is 0 Å². The molecule has 1 saturated carbocycles. The van der Waals surface area contributed by atoms with Crippen LogP contribution in [0.2, 0.25) is 0 Å². The molecule has 2 aromatic rings. The SMILES string of the molecule is CCCCCCCCCO[C@@H]1[C@@H](NC)[C@H](OCc2ccccc2)C[C@@H]1OCc1ccccc1. The number of ether oxygens (including phenoxy) is 3. The van der Waals surface area contributed by atoms with Crippen molar-refractivity contribution in [2.45, 2.75) is 95.9 Å². The quantitative estimate of drug-likeness (QED) is 0.303. The van der Waals surface area contributed by atoms with Crippen molar-refractivity contribution in [3.8, 4) is 0 Å². The fraction of sp³-hybridized carbons (Fsp3) is 0.586. The highest BCUT2D eigenvalue weighted by atomic mass is 16.6. The summed E-state index contributed by atoms with van der Waals surface area (Å²) >= 11 is 0. The summed E-state index contributed by atoms with van der Waals surface area (Å²) in [5, 5.41) is 3.47. The van der Waals surface area contributed by atoms with E-state index in [0.29, 0.717) is 13.2 Å². The summed E-state index contributed by atoms with van der Waals surface area (Å²) in [6, 6.07) is 20.9. The van der Waals surface area contributed by atoms with Gasteiger partial charge in [0.15, 0.2) is 0 Å². The molecule has 0 heterocycles. The molecule has 4 nitrogen and oxygen atoms in total. The van der Waals surface area contributed by atoms with Crippen molar-refractivity contribution in [2.24, 2.45) is 0 Å². The molecule has 3 rings (SSSR count). The molecule has 0 bridgehead atoms. The molecule has 4 heteroatoms. The summed E-state index contributed by atoms with van der Waals surface area (Å²) in [7, 11) is 2.01. The van der Waals surface area contributed by atoms with E-state index in [0.717, 1.165) is 19.4 Å². The van der Waals surface area contributed by atoms with Gasteiger partial charge >= 0.3 is 0 Å². The summed E-state index contributed by atoms with van der Waals surface area (Å²) in [6.45, 7) is 4.26. The van der Waals surface area contributed by atoms with Gasteiger partial charge in [-0.1, -0.05) is 106 Å². The van der Waals surface area contributed by atoms with Crippen LogP contribution in [0.25, 0.3) is 0 Å². The van der Waals surface area contributed by atoms with Crippen LogP contribution in [0.5, 0.6) is 0 Å². The standard InChI is InChI=1S/C29H43NO3/c1-3-4-5-6-7-8-15-20-31-29-27(33-23-25-18-13-10-14-19-25)21-26(28(29)30-2)32-22-24-16-11-9-12-17-24/h9-14,16-19,26-30H,3-8,15,20-23H2,1-2H3/t26-,27+,28+,29+/m1/s1. The number of likely N-dealkylation sites (N-methyl/N-ethyl adjacent to an activating group) is 1. The minimum atomic E-state index is -0.000392.